The standard InChI is InChI=1S/C12H18INO2/c13-12-5-4-11(16-12)8-14-6-1-7-15-9-10-2-3-10/h4-5,10,14H,1-3,6-9H2. The van der Waals surface area contributed by atoms with Gasteiger partial charge in [0.25, 0.3) is 0 Å². The first-order chi connectivity index (χ1) is 7.84. The molecule has 0 bridgehead atoms. The fourth-order valence-corrected chi connectivity index (χ4v) is 1.95. The number of hydrogen-bond acceptors (Lipinski definition) is 3. The molecule has 1 N–H and O–H groups in total. The van der Waals surface area contributed by atoms with Gasteiger partial charge in [0.1, 0.15) is 5.76 Å². The minimum atomic E-state index is 0.811. The normalized spacial score (nSPS) is 15.6. The molecule has 3 nitrogen and oxygen atoms in total. The van der Waals surface area contributed by atoms with Gasteiger partial charge in [0.15, 0.2) is 3.77 Å². The van der Waals surface area contributed by atoms with Crippen LogP contribution in [0.3, 0.4) is 0 Å². The molecule has 1 heterocycles. The molecule has 1 fully saturated rings. The zero-order valence-corrected chi connectivity index (χ0v) is 11.5. The third kappa shape index (κ3) is 4.84. The summed E-state index contributed by atoms with van der Waals surface area (Å²) in [5.41, 5.74) is 0. The van der Waals surface area contributed by atoms with Gasteiger partial charge < -0.3 is 14.5 Å². The van der Waals surface area contributed by atoms with E-state index in [2.05, 4.69) is 27.9 Å². The van der Waals surface area contributed by atoms with Gasteiger partial charge in [0.05, 0.1) is 6.54 Å². The van der Waals surface area contributed by atoms with Crippen molar-refractivity contribution in [3.63, 3.8) is 0 Å². The second kappa shape index (κ2) is 6.61. The Morgan fingerprint density at radius 2 is 2.31 bits per heavy atom. The maximum absolute atomic E-state index is 5.55. The van der Waals surface area contributed by atoms with Crippen LogP contribution in [-0.2, 0) is 11.3 Å². The molecule has 1 saturated carbocycles. The van der Waals surface area contributed by atoms with Gasteiger partial charge in [-0.05, 0) is 66.4 Å². The molecule has 0 amide bonds. The van der Waals surface area contributed by atoms with Gasteiger partial charge in [-0.1, -0.05) is 0 Å². The highest BCUT2D eigenvalue weighted by Gasteiger charge is 2.20. The maximum Gasteiger partial charge on any atom is 0.164 e. The van der Waals surface area contributed by atoms with Gasteiger partial charge in [-0.3, -0.25) is 0 Å². The summed E-state index contributed by atoms with van der Waals surface area (Å²) in [6.45, 7) is 3.64. The van der Waals surface area contributed by atoms with Crippen molar-refractivity contribution in [3.05, 3.63) is 21.7 Å². The molecule has 0 saturated heterocycles. The molecule has 2 rings (SSSR count). The van der Waals surface area contributed by atoms with E-state index in [-0.39, 0.29) is 0 Å². The summed E-state index contributed by atoms with van der Waals surface area (Å²) in [5.74, 6) is 1.88. The van der Waals surface area contributed by atoms with Crippen LogP contribution >= 0.6 is 22.6 Å². The van der Waals surface area contributed by atoms with Crippen LogP contribution < -0.4 is 5.32 Å². The molecular weight excluding hydrogens is 317 g/mol. The minimum absolute atomic E-state index is 0.811. The van der Waals surface area contributed by atoms with Crippen molar-refractivity contribution < 1.29 is 9.15 Å². The summed E-state index contributed by atoms with van der Waals surface area (Å²) < 4.78 is 11.9. The van der Waals surface area contributed by atoms with Crippen molar-refractivity contribution in [2.45, 2.75) is 25.8 Å². The lowest BCUT2D eigenvalue weighted by Gasteiger charge is -2.04. The highest BCUT2D eigenvalue weighted by Crippen LogP contribution is 2.28. The molecule has 4 heteroatoms. The molecule has 16 heavy (non-hydrogen) atoms. The molecule has 90 valence electrons. The van der Waals surface area contributed by atoms with Crippen LogP contribution in [0.1, 0.15) is 25.0 Å². The van der Waals surface area contributed by atoms with Crippen molar-refractivity contribution in [1.82, 2.24) is 5.32 Å². The first-order valence-electron chi connectivity index (χ1n) is 5.87. The third-order valence-corrected chi connectivity index (χ3v) is 3.20. The molecule has 1 aromatic rings. The van der Waals surface area contributed by atoms with E-state index in [1.54, 1.807) is 0 Å². The van der Waals surface area contributed by atoms with E-state index in [0.29, 0.717) is 0 Å². The largest absolute Gasteiger partial charge is 0.454 e. The van der Waals surface area contributed by atoms with Crippen LogP contribution in [0.15, 0.2) is 16.5 Å². The fraction of sp³-hybridized carbons (Fsp3) is 0.667. The lowest BCUT2D eigenvalue weighted by molar-refractivity contribution is 0.122. The molecule has 0 radical (unpaired) electrons. The van der Waals surface area contributed by atoms with E-state index in [4.69, 9.17) is 9.15 Å². The summed E-state index contributed by atoms with van der Waals surface area (Å²) in [7, 11) is 0. The molecule has 0 spiro atoms. The Balaban J connectivity index is 1.42. The van der Waals surface area contributed by atoms with Crippen molar-refractivity contribution in [1.29, 1.82) is 0 Å². The quantitative estimate of drug-likeness (QED) is 0.586. The van der Waals surface area contributed by atoms with Crippen LogP contribution in [0.5, 0.6) is 0 Å². The average molecular weight is 335 g/mol. The molecule has 0 unspecified atom stereocenters. The minimum Gasteiger partial charge on any atom is -0.454 e. The molecule has 1 aliphatic rings. The fourth-order valence-electron chi connectivity index (χ4n) is 1.49. The lowest BCUT2D eigenvalue weighted by atomic mass is 10.4. The van der Waals surface area contributed by atoms with Gasteiger partial charge in [-0.15, -0.1) is 0 Å². The Labute approximate surface area is 110 Å². The van der Waals surface area contributed by atoms with E-state index in [0.717, 1.165) is 48.2 Å². The number of nitrogens with one attached hydrogen (secondary N) is 1. The molecule has 0 atom stereocenters. The zero-order valence-electron chi connectivity index (χ0n) is 9.38. The monoisotopic (exact) mass is 335 g/mol. The predicted octanol–water partition coefficient (Wildman–Crippen LogP) is 2.79. The topological polar surface area (TPSA) is 34.4 Å². The van der Waals surface area contributed by atoms with Gasteiger partial charge in [-0.25, -0.2) is 0 Å². The van der Waals surface area contributed by atoms with E-state index in [1.807, 2.05) is 12.1 Å². The summed E-state index contributed by atoms with van der Waals surface area (Å²) in [6, 6.07) is 3.99. The summed E-state index contributed by atoms with van der Waals surface area (Å²) in [6.07, 6.45) is 3.81. The van der Waals surface area contributed by atoms with Crippen molar-refractivity contribution >= 4 is 22.6 Å². The first-order valence-corrected chi connectivity index (χ1v) is 6.95. The molecule has 1 aliphatic carbocycles. The third-order valence-electron chi connectivity index (χ3n) is 2.62. The van der Waals surface area contributed by atoms with E-state index in [1.165, 1.54) is 12.8 Å². The summed E-state index contributed by atoms with van der Waals surface area (Å²) in [5, 5.41) is 3.34. The molecule has 0 aromatic carbocycles. The van der Waals surface area contributed by atoms with E-state index in [9.17, 15) is 0 Å². The van der Waals surface area contributed by atoms with Crippen LogP contribution in [0, 0.1) is 9.68 Å². The second-order valence-corrected chi connectivity index (χ2v) is 5.32. The van der Waals surface area contributed by atoms with Crippen molar-refractivity contribution in [2.24, 2.45) is 5.92 Å². The Morgan fingerprint density at radius 1 is 1.44 bits per heavy atom. The lowest BCUT2D eigenvalue weighted by Crippen LogP contribution is -2.16. The van der Waals surface area contributed by atoms with Crippen molar-refractivity contribution in [2.75, 3.05) is 19.8 Å². The first kappa shape index (κ1) is 12.4. The summed E-state index contributed by atoms with van der Waals surface area (Å²) >= 11 is 2.18. The number of furan rings is 1. The predicted molar refractivity (Wildman–Crippen MR) is 71.3 cm³/mol. The van der Waals surface area contributed by atoms with Gasteiger partial charge in [0, 0.05) is 13.2 Å². The number of rotatable bonds is 8. The second-order valence-electron chi connectivity index (χ2n) is 4.25. The highest BCUT2D eigenvalue weighted by atomic mass is 127. The number of ether oxygens (including phenoxy) is 1. The van der Waals surface area contributed by atoms with Gasteiger partial charge in [0.2, 0.25) is 0 Å². The van der Waals surface area contributed by atoms with Crippen LogP contribution in [-0.4, -0.2) is 19.8 Å². The van der Waals surface area contributed by atoms with Crippen LogP contribution in [0.4, 0.5) is 0 Å². The highest BCUT2D eigenvalue weighted by molar-refractivity contribution is 14.1. The van der Waals surface area contributed by atoms with Gasteiger partial charge >= 0.3 is 0 Å². The van der Waals surface area contributed by atoms with Crippen LogP contribution in [0.2, 0.25) is 0 Å². The molecule has 1 aromatic heterocycles. The Hall–Kier alpha value is -0.0700. The van der Waals surface area contributed by atoms with Gasteiger partial charge in [-0.2, -0.15) is 0 Å². The molecular formula is C12H18INO2. The zero-order chi connectivity index (χ0) is 11.2. The Kier molecular flexibility index (Phi) is 5.12. The smallest absolute Gasteiger partial charge is 0.164 e. The number of hydrogen-bond donors (Lipinski definition) is 1. The van der Waals surface area contributed by atoms with Crippen LogP contribution in [0.25, 0.3) is 0 Å². The summed E-state index contributed by atoms with van der Waals surface area (Å²) in [4.78, 5) is 0. The number of halogens is 1. The molecule has 0 aliphatic heterocycles. The SMILES string of the molecule is Ic1ccc(CNCCCOCC2CC2)o1. The maximum atomic E-state index is 5.55. The Morgan fingerprint density at radius 3 is 3.00 bits per heavy atom. The average Bonchev–Trinajstić information content (AvgIpc) is 3.00. The Bertz CT molecular complexity index is 310. The van der Waals surface area contributed by atoms with Crippen molar-refractivity contribution in [3.8, 4) is 0 Å². The van der Waals surface area contributed by atoms with E-state index >= 15 is 0 Å². The van der Waals surface area contributed by atoms with E-state index < -0.39 is 0 Å².